The molecular formula is C9H12N2O4S. The molecule has 0 fully saturated rings. The summed E-state index contributed by atoms with van der Waals surface area (Å²) < 4.78 is 20.7. The van der Waals surface area contributed by atoms with Crippen LogP contribution in [-0.2, 0) is 17.1 Å². The average molecular weight is 244 g/mol. The van der Waals surface area contributed by atoms with E-state index in [4.69, 9.17) is 5.73 Å². The molecule has 6 nitrogen and oxygen atoms in total. The van der Waals surface area contributed by atoms with Gasteiger partial charge in [0.2, 0.25) is 0 Å². The van der Waals surface area contributed by atoms with Gasteiger partial charge in [-0.25, -0.2) is 8.42 Å². The van der Waals surface area contributed by atoms with Crippen LogP contribution in [0.2, 0.25) is 0 Å². The first-order valence-electron chi connectivity index (χ1n) is 4.65. The molecule has 0 amide bonds. The molecule has 0 aliphatic rings. The first-order valence-corrected chi connectivity index (χ1v) is 6.01. The summed E-state index contributed by atoms with van der Waals surface area (Å²) in [6.45, 7) is 0. The van der Waals surface area contributed by atoms with E-state index >= 15 is 0 Å². The first-order chi connectivity index (χ1) is 7.50. The van der Waals surface area contributed by atoms with Gasteiger partial charge < -0.3 is 5.73 Å². The molecule has 0 saturated heterocycles. The standard InChI is InChI=1S/C9H12N2O4S/c10-8-4-3-7(2-1-5-16(14)15)6-9(8)11(12)13/h3-4,6,16H,1-2,5,10H2. The predicted molar refractivity (Wildman–Crippen MR) is 61.0 cm³/mol. The Labute approximate surface area is 94.2 Å². The Morgan fingerprint density at radius 1 is 1.38 bits per heavy atom. The van der Waals surface area contributed by atoms with Gasteiger partial charge >= 0.3 is 0 Å². The number of rotatable bonds is 5. The smallest absolute Gasteiger partial charge is 0.292 e. The lowest BCUT2D eigenvalue weighted by atomic mass is 10.1. The van der Waals surface area contributed by atoms with Crippen LogP contribution in [0.1, 0.15) is 12.0 Å². The summed E-state index contributed by atoms with van der Waals surface area (Å²) in [7, 11) is -2.38. The van der Waals surface area contributed by atoms with Gasteiger partial charge in [-0.15, -0.1) is 0 Å². The lowest BCUT2D eigenvalue weighted by molar-refractivity contribution is -0.384. The van der Waals surface area contributed by atoms with Crippen molar-refractivity contribution in [1.82, 2.24) is 0 Å². The number of hydrogen-bond acceptors (Lipinski definition) is 5. The third-order valence-electron chi connectivity index (χ3n) is 2.10. The van der Waals surface area contributed by atoms with Crippen LogP contribution in [0.25, 0.3) is 0 Å². The highest BCUT2D eigenvalue weighted by molar-refractivity contribution is 7.72. The number of nitrogen functional groups attached to an aromatic ring is 1. The highest BCUT2D eigenvalue weighted by atomic mass is 32.2. The van der Waals surface area contributed by atoms with Crippen LogP contribution in [0.3, 0.4) is 0 Å². The van der Waals surface area contributed by atoms with Crippen molar-refractivity contribution in [2.45, 2.75) is 12.8 Å². The van der Waals surface area contributed by atoms with E-state index in [1.165, 1.54) is 12.1 Å². The van der Waals surface area contributed by atoms with Crippen LogP contribution < -0.4 is 5.73 Å². The Balaban J connectivity index is 2.75. The fourth-order valence-electron chi connectivity index (χ4n) is 1.32. The highest BCUT2D eigenvalue weighted by Gasteiger charge is 2.11. The summed E-state index contributed by atoms with van der Waals surface area (Å²) in [5.74, 6) is 0.0908. The van der Waals surface area contributed by atoms with Gasteiger partial charge in [-0.3, -0.25) is 10.1 Å². The van der Waals surface area contributed by atoms with E-state index in [1.807, 2.05) is 0 Å². The van der Waals surface area contributed by atoms with Crippen molar-refractivity contribution in [3.05, 3.63) is 33.9 Å². The molecule has 0 aliphatic carbocycles. The average Bonchev–Trinajstić information content (AvgIpc) is 2.19. The summed E-state index contributed by atoms with van der Waals surface area (Å²) in [6.07, 6.45) is 0.949. The number of nitrogens with zero attached hydrogens (tertiary/aromatic N) is 1. The largest absolute Gasteiger partial charge is 0.393 e. The minimum Gasteiger partial charge on any atom is -0.393 e. The molecule has 0 spiro atoms. The highest BCUT2D eigenvalue weighted by Crippen LogP contribution is 2.22. The molecule has 2 N–H and O–H groups in total. The minimum atomic E-state index is -2.38. The van der Waals surface area contributed by atoms with Crippen LogP contribution in [0.15, 0.2) is 18.2 Å². The molecule has 0 atom stereocenters. The SMILES string of the molecule is Nc1ccc(CCC[SH](=O)=O)cc1[N+](=O)[O-]. The number of aryl methyl sites for hydroxylation is 1. The van der Waals surface area contributed by atoms with E-state index in [0.29, 0.717) is 12.8 Å². The van der Waals surface area contributed by atoms with Crippen molar-refractivity contribution in [2.24, 2.45) is 0 Å². The third-order valence-corrected chi connectivity index (χ3v) is 2.78. The molecule has 0 unspecified atom stereocenters. The molecule has 88 valence electrons. The maximum atomic E-state index is 10.6. The van der Waals surface area contributed by atoms with Crippen LogP contribution in [-0.4, -0.2) is 19.1 Å². The number of anilines is 1. The van der Waals surface area contributed by atoms with E-state index < -0.39 is 15.6 Å². The molecule has 0 saturated carbocycles. The molecule has 16 heavy (non-hydrogen) atoms. The molecule has 1 aromatic carbocycles. The number of thiol groups is 1. The van der Waals surface area contributed by atoms with E-state index in [1.54, 1.807) is 6.07 Å². The molecule has 0 aromatic heterocycles. The minimum absolute atomic E-state index is 0.0908. The van der Waals surface area contributed by atoms with E-state index in [9.17, 15) is 18.5 Å². The lowest BCUT2D eigenvalue weighted by Gasteiger charge is -2.01. The lowest BCUT2D eigenvalue weighted by Crippen LogP contribution is -1.98. The second kappa shape index (κ2) is 5.45. The van der Waals surface area contributed by atoms with Gasteiger partial charge in [-0.1, -0.05) is 6.07 Å². The zero-order chi connectivity index (χ0) is 12.1. The number of hydrogen-bond donors (Lipinski definition) is 2. The summed E-state index contributed by atoms with van der Waals surface area (Å²) in [5.41, 5.74) is 6.13. The number of nitrogens with two attached hydrogens (primary N) is 1. The molecule has 7 heteroatoms. The summed E-state index contributed by atoms with van der Waals surface area (Å²) in [5, 5.41) is 10.6. The number of nitro groups is 1. The Kier molecular flexibility index (Phi) is 4.24. The second-order valence-corrected chi connectivity index (χ2v) is 4.42. The van der Waals surface area contributed by atoms with Gasteiger partial charge in [0, 0.05) is 11.8 Å². The number of benzene rings is 1. The van der Waals surface area contributed by atoms with Crippen molar-refractivity contribution in [2.75, 3.05) is 11.5 Å². The van der Waals surface area contributed by atoms with Gasteiger partial charge in [-0.05, 0) is 24.5 Å². The predicted octanol–water partition coefficient (Wildman–Crippen LogP) is 0.721. The monoisotopic (exact) mass is 244 g/mol. The van der Waals surface area contributed by atoms with E-state index in [-0.39, 0.29) is 17.1 Å². The zero-order valence-corrected chi connectivity index (χ0v) is 9.35. The van der Waals surface area contributed by atoms with Gasteiger partial charge in [-0.2, -0.15) is 0 Å². The molecule has 1 rings (SSSR count). The number of nitro benzene ring substituents is 1. The Morgan fingerprint density at radius 2 is 2.06 bits per heavy atom. The first kappa shape index (κ1) is 12.4. The van der Waals surface area contributed by atoms with Crippen LogP contribution >= 0.6 is 0 Å². The van der Waals surface area contributed by atoms with Crippen molar-refractivity contribution in [1.29, 1.82) is 0 Å². The molecule has 0 heterocycles. The Bertz CT molecular complexity index is 463. The van der Waals surface area contributed by atoms with Crippen molar-refractivity contribution < 1.29 is 13.3 Å². The second-order valence-electron chi connectivity index (χ2n) is 3.31. The van der Waals surface area contributed by atoms with Crippen molar-refractivity contribution in [3.8, 4) is 0 Å². The Hall–Kier alpha value is -1.63. The van der Waals surface area contributed by atoms with Crippen LogP contribution in [0.4, 0.5) is 11.4 Å². The maximum absolute atomic E-state index is 10.6. The topological polar surface area (TPSA) is 103 Å². The normalized spacial score (nSPS) is 10.6. The fraction of sp³-hybridized carbons (Fsp3) is 0.333. The molecule has 0 radical (unpaired) electrons. The fourth-order valence-corrected chi connectivity index (χ4v) is 1.73. The van der Waals surface area contributed by atoms with Crippen LogP contribution in [0, 0.1) is 10.1 Å². The van der Waals surface area contributed by atoms with Gasteiger partial charge in [0.1, 0.15) is 16.4 Å². The molecule has 0 bridgehead atoms. The molecular weight excluding hydrogens is 232 g/mol. The zero-order valence-electron chi connectivity index (χ0n) is 8.46. The third kappa shape index (κ3) is 3.50. The summed E-state index contributed by atoms with van der Waals surface area (Å²) in [4.78, 5) is 10.0. The maximum Gasteiger partial charge on any atom is 0.292 e. The van der Waals surface area contributed by atoms with Gasteiger partial charge in [0.05, 0.1) is 4.92 Å². The van der Waals surface area contributed by atoms with Crippen LogP contribution in [0.5, 0.6) is 0 Å². The Morgan fingerprint density at radius 3 is 2.62 bits per heavy atom. The van der Waals surface area contributed by atoms with E-state index in [0.717, 1.165) is 5.56 Å². The van der Waals surface area contributed by atoms with E-state index in [2.05, 4.69) is 0 Å². The van der Waals surface area contributed by atoms with Crippen molar-refractivity contribution >= 4 is 22.1 Å². The summed E-state index contributed by atoms with van der Waals surface area (Å²) >= 11 is 0. The van der Waals surface area contributed by atoms with Gasteiger partial charge in [0.25, 0.3) is 5.69 Å². The molecule has 0 aliphatic heterocycles. The quantitative estimate of drug-likeness (QED) is 0.344. The van der Waals surface area contributed by atoms with Crippen molar-refractivity contribution in [3.63, 3.8) is 0 Å². The molecule has 1 aromatic rings. The van der Waals surface area contributed by atoms with Gasteiger partial charge in [0.15, 0.2) is 0 Å². The summed E-state index contributed by atoms with van der Waals surface area (Å²) in [6, 6.07) is 4.51.